The Balaban J connectivity index is 1.67. The van der Waals surface area contributed by atoms with Crippen molar-refractivity contribution in [1.82, 2.24) is 0 Å². The fourth-order valence-corrected chi connectivity index (χ4v) is 5.55. The molecule has 0 aromatic heterocycles. The van der Waals surface area contributed by atoms with Crippen LogP contribution in [-0.4, -0.2) is 13.1 Å². The highest BCUT2D eigenvalue weighted by Crippen LogP contribution is 2.56. The summed E-state index contributed by atoms with van der Waals surface area (Å²) in [6.07, 6.45) is 0. The monoisotopic (exact) mass is 296 g/mol. The molecule has 3 aliphatic rings. The van der Waals surface area contributed by atoms with Crippen LogP contribution in [0.2, 0.25) is 0 Å². The predicted octanol–water partition coefficient (Wildman–Crippen LogP) is 4.35. The van der Waals surface area contributed by atoms with Crippen LogP contribution >= 0.6 is 23.5 Å². The summed E-state index contributed by atoms with van der Waals surface area (Å²) in [7, 11) is 0. The summed E-state index contributed by atoms with van der Waals surface area (Å²) < 4.78 is 0. The number of rotatable bonds is 0. The highest BCUT2D eigenvalue weighted by Gasteiger charge is 2.38. The zero-order chi connectivity index (χ0) is 13.1. The second kappa shape index (κ2) is 3.99. The molecular weight excluding hydrogens is 284 g/mol. The smallest absolute Gasteiger partial charge is 0.111 e. The average Bonchev–Trinajstić information content (AvgIpc) is 3.05. The lowest BCUT2D eigenvalue weighted by atomic mass is 10.2. The molecule has 0 spiro atoms. The molecule has 0 radical (unpaired) electrons. The van der Waals surface area contributed by atoms with Gasteiger partial charge in [0.15, 0.2) is 0 Å². The number of hydrogen-bond acceptors (Lipinski definition) is 4. The molecule has 3 heterocycles. The van der Waals surface area contributed by atoms with Gasteiger partial charge in [0.2, 0.25) is 0 Å². The molecule has 98 valence electrons. The van der Waals surface area contributed by atoms with Gasteiger partial charge in [-0.3, -0.25) is 0 Å². The lowest BCUT2D eigenvalue weighted by Gasteiger charge is -2.33. The Morgan fingerprint density at radius 3 is 1.60 bits per heavy atom. The first-order valence-corrected chi connectivity index (χ1v) is 8.38. The summed E-state index contributed by atoms with van der Waals surface area (Å²) in [5, 5.41) is 2.80. The number of para-hydroxylation sites is 2. The minimum Gasteiger partial charge on any atom is -0.331 e. The van der Waals surface area contributed by atoms with Crippen molar-refractivity contribution in [3.8, 4) is 0 Å². The first-order chi connectivity index (χ1) is 9.92. The standard InChI is InChI=1S/C16H12N2S2/c1-3-7-13-11(5-1)17-9-10-18-12-6-2-4-8-14(12)20-16(18)15(17)19-13/h1-8H,9-10H2. The van der Waals surface area contributed by atoms with Crippen LogP contribution in [0.25, 0.3) is 0 Å². The molecule has 2 nitrogen and oxygen atoms in total. The SMILES string of the molecule is c1ccc2c(c1)SC1=C3Sc4ccccc4N3CCN12. The average molecular weight is 296 g/mol. The van der Waals surface area contributed by atoms with E-state index in [4.69, 9.17) is 0 Å². The van der Waals surface area contributed by atoms with E-state index in [1.54, 1.807) is 0 Å². The first kappa shape index (κ1) is 11.2. The third kappa shape index (κ3) is 1.38. The molecule has 0 unspecified atom stereocenters. The molecule has 0 aliphatic carbocycles. The van der Waals surface area contributed by atoms with Crippen molar-refractivity contribution >= 4 is 34.9 Å². The second-order valence-corrected chi connectivity index (χ2v) is 7.11. The van der Waals surface area contributed by atoms with E-state index in [2.05, 4.69) is 58.3 Å². The molecule has 2 aromatic carbocycles. The zero-order valence-electron chi connectivity index (χ0n) is 10.7. The summed E-state index contributed by atoms with van der Waals surface area (Å²) in [6.45, 7) is 2.13. The molecule has 0 atom stereocenters. The van der Waals surface area contributed by atoms with Crippen LogP contribution < -0.4 is 9.80 Å². The minimum atomic E-state index is 1.07. The lowest BCUT2D eigenvalue weighted by Crippen LogP contribution is -2.37. The topological polar surface area (TPSA) is 6.48 Å². The van der Waals surface area contributed by atoms with E-state index in [9.17, 15) is 0 Å². The van der Waals surface area contributed by atoms with Crippen molar-refractivity contribution < 1.29 is 0 Å². The van der Waals surface area contributed by atoms with Crippen LogP contribution in [0, 0.1) is 0 Å². The van der Waals surface area contributed by atoms with Gasteiger partial charge in [-0.2, -0.15) is 0 Å². The molecule has 3 aliphatic heterocycles. The van der Waals surface area contributed by atoms with Crippen LogP contribution in [0.3, 0.4) is 0 Å². The van der Waals surface area contributed by atoms with Crippen LogP contribution in [0.1, 0.15) is 0 Å². The van der Waals surface area contributed by atoms with Crippen molar-refractivity contribution in [2.75, 3.05) is 22.9 Å². The van der Waals surface area contributed by atoms with Crippen LogP contribution in [0.4, 0.5) is 11.4 Å². The Labute approximate surface area is 126 Å². The number of thioether (sulfide) groups is 2. The lowest BCUT2D eigenvalue weighted by molar-refractivity contribution is 0.825. The van der Waals surface area contributed by atoms with Gasteiger partial charge in [-0.15, -0.1) is 0 Å². The number of nitrogens with zero attached hydrogens (tertiary/aromatic N) is 2. The van der Waals surface area contributed by atoms with Gasteiger partial charge in [-0.1, -0.05) is 47.8 Å². The van der Waals surface area contributed by atoms with Gasteiger partial charge in [-0.05, 0) is 24.3 Å². The number of benzene rings is 2. The maximum absolute atomic E-state index is 2.48. The predicted molar refractivity (Wildman–Crippen MR) is 86.3 cm³/mol. The summed E-state index contributed by atoms with van der Waals surface area (Å²) in [6, 6.07) is 17.4. The summed E-state index contributed by atoms with van der Waals surface area (Å²) >= 11 is 3.82. The van der Waals surface area contributed by atoms with Crippen molar-refractivity contribution in [3.05, 3.63) is 58.6 Å². The fraction of sp³-hybridized carbons (Fsp3) is 0.125. The van der Waals surface area contributed by atoms with Crippen molar-refractivity contribution in [2.24, 2.45) is 0 Å². The Bertz CT molecular complexity index is 690. The van der Waals surface area contributed by atoms with E-state index in [0.717, 1.165) is 13.1 Å². The molecule has 5 rings (SSSR count). The third-order valence-electron chi connectivity index (χ3n) is 3.95. The van der Waals surface area contributed by atoms with Gasteiger partial charge >= 0.3 is 0 Å². The van der Waals surface area contributed by atoms with Crippen molar-refractivity contribution in [2.45, 2.75) is 9.79 Å². The van der Waals surface area contributed by atoms with Crippen LogP contribution in [0.15, 0.2) is 68.4 Å². The molecule has 0 amide bonds. The summed E-state index contributed by atoms with van der Waals surface area (Å²) in [4.78, 5) is 7.72. The van der Waals surface area contributed by atoms with E-state index >= 15 is 0 Å². The van der Waals surface area contributed by atoms with Crippen molar-refractivity contribution in [3.63, 3.8) is 0 Å². The Hall–Kier alpha value is -1.52. The number of anilines is 2. The van der Waals surface area contributed by atoms with Gasteiger partial charge in [0.25, 0.3) is 0 Å². The Morgan fingerprint density at radius 2 is 1.10 bits per heavy atom. The second-order valence-electron chi connectivity index (χ2n) is 5.05. The van der Waals surface area contributed by atoms with Gasteiger partial charge in [0, 0.05) is 22.9 Å². The van der Waals surface area contributed by atoms with Crippen LogP contribution in [-0.2, 0) is 0 Å². The molecular formula is C16H12N2S2. The van der Waals surface area contributed by atoms with Gasteiger partial charge in [0.05, 0.1) is 11.4 Å². The van der Waals surface area contributed by atoms with Gasteiger partial charge in [0.1, 0.15) is 10.1 Å². The summed E-state index contributed by atoms with van der Waals surface area (Å²) in [5.74, 6) is 0. The molecule has 0 saturated carbocycles. The molecule has 0 N–H and O–H groups in total. The first-order valence-electron chi connectivity index (χ1n) is 6.75. The third-order valence-corrected chi connectivity index (χ3v) is 6.42. The van der Waals surface area contributed by atoms with Crippen molar-refractivity contribution in [1.29, 1.82) is 0 Å². The largest absolute Gasteiger partial charge is 0.331 e. The van der Waals surface area contributed by atoms with E-state index in [1.165, 1.54) is 31.2 Å². The maximum Gasteiger partial charge on any atom is 0.111 e. The molecule has 20 heavy (non-hydrogen) atoms. The highest BCUT2D eigenvalue weighted by molar-refractivity contribution is 8.07. The minimum absolute atomic E-state index is 1.07. The maximum atomic E-state index is 2.48. The van der Waals surface area contributed by atoms with Gasteiger partial charge in [-0.25, -0.2) is 0 Å². The fourth-order valence-electron chi connectivity index (χ4n) is 3.03. The molecule has 4 heteroatoms. The quantitative estimate of drug-likeness (QED) is 0.712. The normalized spacial score (nSPS) is 18.8. The van der Waals surface area contributed by atoms with Crippen LogP contribution in [0.5, 0.6) is 0 Å². The highest BCUT2D eigenvalue weighted by atomic mass is 32.2. The zero-order valence-corrected chi connectivity index (χ0v) is 12.4. The molecule has 0 fully saturated rings. The van der Waals surface area contributed by atoms with E-state index in [0.29, 0.717) is 0 Å². The Kier molecular flexibility index (Phi) is 2.23. The summed E-state index contributed by atoms with van der Waals surface area (Å²) in [5.41, 5.74) is 2.74. The molecule has 2 aromatic rings. The van der Waals surface area contributed by atoms with E-state index in [-0.39, 0.29) is 0 Å². The molecule has 0 bridgehead atoms. The van der Waals surface area contributed by atoms with Gasteiger partial charge < -0.3 is 9.80 Å². The molecule has 0 saturated heterocycles. The van der Waals surface area contributed by atoms with E-state index in [1.807, 2.05) is 23.5 Å². The number of fused-ring (bicyclic) bond motifs is 6. The Morgan fingerprint density at radius 1 is 0.650 bits per heavy atom. The van der Waals surface area contributed by atoms with E-state index < -0.39 is 0 Å². The number of hydrogen-bond donors (Lipinski definition) is 0.